The van der Waals surface area contributed by atoms with Gasteiger partial charge >= 0.3 is 5.97 Å². The third-order valence-corrected chi connectivity index (χ3v) is 4.79. The smallest absolute Gasteiger partial charge is 0.338 e. The zero-order chi connectivity index (χ0) is 19.6. The van der Waals surface area contributed by atoms with Gasteiger partial charge < -0.3 is 4.74 Å². The number of amides is 2. The zero-order valence-electron chi connectivity index (χ0n) is 14.6. The summed E-state index contributed by atoms with van der Waals surface area (Å²) < 4.78 is 5.21. The molecule has 2 amide bonds. The molecule has 0 spiro atoms. The van der Waals surface area contributed by atoms with Gasteiger partial charge in [-0.2, -0.15) is 0 Å². The fourth-order valence-corrected chi connectivity index (χ4v) is 3.34. The first kappa shape index (κ1) is 19.4. The molecule has 0 N–H and O–H groups in total. The third-order valence-electron chi connectivity index (χ3n) is 4.25. The van der Waals surface area contributed by atoms with Gasteiger partial charge in [0.05, 0.1) is 34.0 Å². The van der Waals surface area contributed by atoms with Crippen LogP contribution in [0.25, 0.3) is 0 Å². The van der Waals surface area contributed by atoms with Crippen molar-refractivity contribution in [2.75, 3.05) is 11.5 Å². The van der Waals surface area contributed by atoms with Gasteiger partial charge in [0.25, 0.3) is 11.8 Å². The Labute approximate surface area is 166 Å². The average molecular weight is 406 g/mol. The van der Waals surface area contributed by atoms with Crippen molar-refractivity contribution >= 4 is 46.7 Å². The number of ether oxygens (including phenoxy) is 1. The van der Waals surface area contributed by atoms with Crippen LogP contribution in [0.1, 0.15) is 57.3 Å². The summed E-state index contributed by atoms with van der Waals surface area (Å²) >= 11 is 12.0. The van der Waals surface area contributed by atoms with E-state index in [-0.39, 0.29) is 27.4 Å². The lowest BCUT2D eigenvalue weighted by Crippen LogP contribution is -2.29. The molecule has 1 aliphatic rings. The van der Waals surface area contributed by atoms with Crippen molar-refractivity contribution in [2.24, 2.45) is 0 Å². The minimum atomic E-state index is -0.542. The molecular formula is C20H17Cl2NO4. The van der Waals surface area contributed by atoms with E-state index >= 15 is 0 Å². The number of nitrogens with zero attached hydrogens (tertiary/aromatic N) is 1. The van der Waals surface area contributed by atoms with E-state index in [4.69, 9.17) is 27.9 Å². The highest BCUT2D eigenvalue weighted by Gasteiger charge is 2.38. The Hall–Kier alpha value is -2.37. The number of imide groups is 1. The number of fused-ring (bicyclic) bond motifs is 1. The van der Waals surface area contributed by atoms with Crippen LogP contribution >= 0.6 is 23.2 Å². The number of hydrogen-bond donors (Lipinski definition) is 0. The summed E-state index contributed by atoms with van der Waals surface area (Å²) in [6, 6.07) is 8.85. The van der Waals surface area contributed by atoms with Crippen molar-refractivity contribution < 1.29 is 19.1 Å². The molecule has 3 rings (SSSR count). The van der Waals surface area contributed by atoms with Crippen molar-refractivity contribution in [3.63, 3.8) is 0 Å². The molecule has 0 aliphatic carbocycles. The predicted molar refractivity (Wildman–Crippen MR) is 104 cm³/mol. The molecule has 0 fully saturated rings. The second kappa shape index (κ2) is 8.11. The number of halogens is 2. The van der Waals surface area contributed by atoms with Gasteiger partial charge in [0.2, 0.25) is 0 Å². The highest BCUT2D eigenvalue weighted by molar-refractivity contribution is 6.41. The standard InChI is InChI=1S/C20H17Cl2NO4/c1-2-3-4-9-27-20(26)12-5-7-14-15(10-12)19(25)23(18(14)24)17-8-6-13(21)11-16(17)22/h5-8,10-11H,2-4,9H2,1H3. The number of benzene rings is 2. The Bertz CT molecular complexity index is 926. The lowest BCUT2D eigenvalue weighted by Gasteiger charge is -2.15. The number of carbonyl (C=O) groups is 3. The van der Waals surface area contributed by atoms with Gasteiger partial charge in [-0.1, -0.05) is 43.0 Å². The number of hydrogen-bond acceptors (Lipinski definition) is 4. The van der Waals surface area contributed by atoms with Gasteiger partial charge in [0.1, 0.15) is 0 Å². The summed E-state index contributed by atoms with van der Waals surface area (Å²) in [6.45, 7) is 2.38. The highest BCUT2D eigenvalue weighted by Crippen LogP contribution is 2.35. The molecule has 1 aliphatic heterocycles. The molecule has 0 saturated heterocycles. The number of esters is 1. The molecule has 2 aromatic rings. The quantitative estimate of drug-likeness (QED) is 0.379. The van der Waals surface area contributed by atoms with Gasteiger partial charge in [-0.15, -0.1) is 0 Å². The summed E-state index contributed by atoms with van der Waals surface area (Å²) in [4.78, 5) is 38.6. The molecular weight excluding hydrogens is 389 g/mol. The fourth-order valence-electron chi connectivity index (χ4n) is 2.85. The van der Waals surface area contributed by atoms with E-state index in [9.17, 15) is 14.4 Å². The maximum Gasteiger partial charge on any atom is 0.338 e. The molecule has 140 valence electrons. The molecule has 0 atom stereocenters. The molecule has 0 saturated carbocycles. The Morgan fingerprint density at radius 1 is 1.00 bits per heavy atom. The first-order valence-electron chi connectivity index (χ1n) is 8.59. The van der Waals surface area contributed by atoms with Crippen LogP contribution in [0.5, 0.6) is 0 Å². The van der Waals surface area contributed by atoms with E-state index in [1.54, 1.807) is 6.07 Å². The first-order chi connectivity index (χ1) is 12.9. The summed E-state index contributed by atoms with van der Waals surface area (Å²) in [5, 5.41) is 0.584. The maximum absolute atomic E-state index is 12.8. The Balaban J connectivity index is 1.85. The van der Waals surface area contributed by atoms with Crippen LogP contribution in [0, 0.1) is 0 Å². The van der Waals surface area contributed by atoms with Gasteiger partial charge in [-0.3, -0.25) is 9.59 Å². The van der Waals surface area contributed by atoms with Crippen LogP contribution in [-0.2, 0) is 4.74 Å². The average Bonchev–Trinajstić information content (AvgIpc) is 2.89. The van der Waals surface area contributed by atoms with Crippen LogP contribution in [0.2, 0.25) is 10.0 Å². The topological polar surface area (TPSA) is 63.7 Å². The number of anilines is 1. The van der Waals surface area contributed by atoms with Gasteiger partial charge in [0.15, 0.2) is 0 Å². The summed E-state index contributed by atoms with van der Waals surface area (Å²) in [5.41, 5.74) is 0.842. The predicted octanol–water partition coefficient (Wildman–Crippen LogP) is 5.14. The third kappa shape index (κ3) is 3.84. The molecule has 1 heterocycles. The molecule has 7 heteroatoms. The van der Waals surface area contributed by atoms with Crippen molar-refractivity contribution in [1.82, 2.24) is 0 Å². The SMILES string of the molecule is CCCCCOC(=O)c1ccc2c(c1)C(=O)N(c1ccc(Cl)cc1Cl)C2=O. The largest absolute Gasteiger partial charge is 0.462 e. The lowest BCUT2D eigenvalue weighted by molar-refractivity contribution is 0.0498. The first-order valence-corrected chi connectivity index (χ1v) is 9.34. The van der Waals surface area contributed by atoms with Crippen LogP contribution in [0.3, 0.4) is 0 Å². The van der Waals surface area contributed by atoms with E-state index in [2.05, 4.69) is 6.92 Å². The summed E-state index contributed by atoms with van der Waals surface area (Å²) in [6.07, 6.45) is 2.78. The van der Waals surface area contributed by atoms with Crippen LogP contribution < -0.4 is 4.90 Å². The highest BCUT2D eigenvalue weighted by atomic mass is 35.5. The lowest BCUT2D eigenvalue weighted by atomic mass is 10.1. The Morgan fingerprint density at radius 2 is 1.74 bits per heavy atom. The van der Waals surface area contributed by atoms with Crippen LogP contribution in [0.15, 0.2) is 36.4 Å². The molecule has 0 aromatic heterocycles. The second-order valence-electron chi connectivity index (χ2n) is 6.14. The van der Waals surface area contributed by atoms with Gasteiger partial charge in [-0.25, -0.2) is 9.69 Å². The number of unbranched alkanes of at least 4 members (excludes halogenated alkanes) is 2. The van der Waals surface area contributed by atoms with Crippen LogP contribution in [-0.4, -0.2) is 24.4 Å². The number of carbonyl (C=O) groups excluding carboxylic acids is 3. The van der Waals surface area contributed by atoms with Crippen molar-refractivity contribution in [2.45, 2.75) is 26.2 Å². The summed E-state index contributed by atoms with van der Waals surface area (Å²) in [5.74, 6) is -1.56. The Kier molecular flexibility index (Phi) is 5.82. The van der Waals surface area contributed by atoms with Crippen LogP contribution in [0.4, 0.5) is 5.69 Å². The fraction of sp³-hybridized carbons (Fsp3) is 0.250. The van der Waals surface area contributed by atoms with Gasteiger partial charge in [0, 0.05) is 5.02 Å². The van der Waals surface area contributed by atoms with E-state index < -0.39 is 17.8 Å². The second-order valence-corrected chi connectivity index (χ2v) is 6.99. The Morgan fingerprint density at radius 3 is 2.44 bits per heavy atom. The zero-order valence-corrected chi connectivity index (χ0v) is 16.1. The molecule has 0 unspecified atom stereocenters. The van der Waals surface area contributed by atoms with Crippen molar-refractivity contribution in [3.05, 3.63) is 63.1 Å². The van der Waals surface area contributed by atoms with E-state index in [1.165, 1.54) is 30.3 Å². The summed E-state index contributed by atoms with van der Waals surface area (Å²) in [7, 11) is 0. The monoisotopic (exact) mass is 405 g/mol. The van der Waals surface area contributed by atoms with Crippen molar-refractivity contribution in [3.8, 4) is 0 Å². The van der Waals surface area contributed by atoms with E-state index in [0.717, 1.165) is 24.2 Å². The molecule has 5 nitrogen and oxygen atoms in total. The van der Waals surface area contributed by atoms with Crippen molar-refractivity contribution in [1.29, 1.82) is 0 Å². The molecule has 0 radical (unpaired) electrons. The number of rotatable bonds is 6. The minimum absolute atomic E-state index is 0.147. The van der Waals surface area contributed by atoms with E-state index in [1.807, 2.05) is 0 Å². The normalized spacial score (nSPS) is 13.1. The molecule has 2 aromatic carbocycles. The minimum Gasteiger partial charge on any atom is -0.462 e. The molecule has 27 heavy (non-hydrogen) atoms. The van der Waals surface area contributed by atoms with Gasteiger partial charge in [-0.05, 0) is 42.8 Å². The molecule has 0 bridgehead atoms. The van der Waals surface area contributed by atoms with E-state index in [0.29, 0.717) is 11.6 Å². The maximum atomic E-state index is 12.8.